The highest BCUT2D eigenvalue weighted by atomic mass is 32.1. The number of hydrogen-bond donors (Lipinski definition) is 1. The van der Waals surface area contributed by atoms with Gasteiger partial charge in [-0.2, -0.15) is 0 Å². The van der Waals surface area contributed by atoms with E-state index in [4.69, 9.17) is 38.5 Å². The highest BCUT2D eigenvalue weighted by molar-refractivity contribution is 7.19. The molecule has 6 rings (SSSR count). The highest BCUT2D eigenvalue weighted by Crippen LogP contribution is 2.35. The van der Waals surface area contributed by atoms with Gasteiger partial charge in [-0.3, -0.25) is 14.4 Å². The number of pyridine rings is 1. The van der Waals surface area contributed by atoms with Crippen molar-refractivity contribution in [1.29, 1.82) is 0 Å². The van der Waals surface area contributed by atoms with Gasteiger partial charge in [0, 0.05) is 75.5 Å². The van der Waals surface area contributed by atoms with Crippen molar-refractivity contribution in [1.82, 2.24) is 30.4 Å². The van der Waals surface area contributed by atoms with E-state index in [-0.39, 0.29) is 12.0 Å². The molecule has 1 amide bonds. The van der Waals surface area contributed by atoms with Crippen molar-refractivity contribution >= 4 is 51.2 Å². The number of ether oxygens (including phenoxy) is 5. The van der Waals surface area contributed by atoms with Crippen LogP contribution in [0.15, 0.2) is 36.8 Å². The minimum absolute atomic E-state index is 0.0274. The average molecular weight is 723 g/mol. The molecule has 2 aliphatic rings. The van der Waals surface area contributed by atoms with Crippen molar-refractivity contribution in [3.05, 3.63) is 47.2 Å². The molecule has 4 aromatic rings. The fourth-order valence-electron chi connectivity index (χ4n) is 5.68. The summed E-state index contributed by atoms with van der Waals surface area (Å²) < 4.78 is 28.1. The van der Waals surface area contributed by atoms with Crippen LogP contribution < -0.4 is 20.0 Å². The van der Waals surface area contributed by atoms with Gasteiger partial charge < -0.3 is 33.5 Å². The SMILES string of the molecule is COc1ccc(-c2nc(N3CCOCC3)c3sc(CN(C)c4ncc(C(=O)NO[C@H]5C[C@H](OC(C)=O)[C@@H](OC(C)=O)[C@H](C)O5)cn4)cc3n2)cn1. The second kappa shape index (κ2) is 15.9. The van der Waals surface area contributed by atoms with Crippen LogP contribution >= 0.6 is 11.3 Å². The average Bonchev–Trinajstić information content (AvgIpc) is 3.54. The van der Waals surface area contributed by atoms with Gasteiger partial charge in [0.05, 0.1) is 48.8 Å². The fourth-order valence-corrected chi connectivity index (χ4v) is 6.84. The molecule has 18 heteroatoms. The Morgan fingerprint density at radius 2 is 1.78 bits per heavy atom. The van der Waals surface area contributed by atoms with Crippen molar-refractivity contribution in [2.75, 3.05) is 50.3 Å². The lowest BCUT2D eigenvalue weighted by atomic mass is 10.0. The van der Waals surface area contributed by atoms with E-state index in [9.17, 15) is 14.4 Å². The number of nitrogens with zero attached hydrogens (tertiary/aromatic N) is 7. The quantitative estimate of drug-likeness (QED) is 0.176. The van der Waals surface area contributed by atoms with Gasteiger partial charge in [0.1, 0.15) is 6.10 Å². The smallest absolute Gasteiger partial charge is 0.303 e. The zero-order valence-electron chi connectivity index (χ0n) is 28.7. The molecule has 2 saturated heterocycles. The predicted octanol–water partition coefficient (Wildman–Crippen LogP) is 2.68. The van der Waals surface area contributed by atoms with Crippen molar-refractivity contribution < 1.29 is 42.9 Å². The van der Waals surface area contributed by atoms with Crippen LogP contribution in [-0.2, 0) is 39.9 Å². The maximum atomic E-state index is 12.9. The maximum absolute atomic E-state index is 12.9. The molecule has 0 bridgehead atoms. The first-order valence-electron chi connectivity index (χ1n) is 16.2. The number of morpholine rings is 1. The highest BCUT2D eigenvalue weighted by Gasteiger charge is 2.41. The maximum Gasteiger partial charge on any atom is 0.303 e. The van der Waals surface area contributed by atoms with Crippen LogP contribution in [0.3, 0.4) is 0 Å². The van der Waals surface area contributed by atoms with Gasteiger partial charge in [-0.05, 0) is 19.1 Å². The van der Waals surface area contributed by atoms with E-state index in [1.165, 1.54) is 26.2 Å². The number of carbonyl (C=O) groups excluding carboxylic acids is 3. The van der Waals surface area contributed by atoms with Gasteiger partial charge in [-0.1, -0.05) is 0 Å². The van der Waals surface area contributed by atoms with E-state index >= 15 is 0 Å². The summed E-state index contributed by atoms with van der Waals surface area (Å²) in [6.45, 7) is 7.31. The van der Waals surface area contributed by atoms with Gasteiger partial charge in [-0.15, -0.1) is 11.3 Å². The number of hydrogen-bond acceptors (Lipinski definition) is 17. The zero-order chi connectivity index (χ0) is 36.1. The van der Waals surface area contributed by atoms with E-state index in [1.807, 2.05) is 24.1 Å². The van der Waals surface area contributed by atoms with Crippen molar-refractivity contribution in [3.63, 3.8) is 0 Å². The first kappa shape index (κ1) is 35.8. The Balaban J connectivity index is 1.11. The van der Waals surface area contributed by atoms with Gasteiger partial charge in [0.25, 0.3) is 5.91 Å². The number of methoxy groups -OCH3 is 1. The number of fused-ring (bicyclic) bond motifs is 1. The van der Waals surface area contributed by atoms with Crippen LogP contribution in [0.5, 0.6) is 5.88 Å². The molecule has 6 heterocycles. The van der Waals surface area contributed by atoms with Gasteiger partial charge in [0.15, 0.2) is 24.0 Å². The first-order chi connectivity index (χ1) is 24.6. The number of thiophene rings is 1. The summed E-state index contributed by atoms with van der Waals surface area (Å²) in [6, 6.07) is 5.71. The molecule has 0 saturated carbocycles. The number of hydroxylamine groups is 1. The largest absolute Gasteiger partial charge is 0.481 e. The summed E-state index contributed by atoms with van der Waals surface area (Å²) >= 11 is 1.60. The van der Waals surface area contributed by atoms with Crippen LogP contribution in [-0.4, -0.2) is 108 Å². The third-order valence-electron chi connectivity index (χ3n) is 8.08. The van der Waals surface area contributed by atoms with E-state index in [0.717, 1.165) is 39.6 Å². The molecule has 270 valence electrons. The summed E-state index contributed by atoms with van der Waals surface area (Å²) in [5.41, 5.74) is 4.08. The molecule has 0 radical (unpaired) electrons. The first-order valence-corrected chi connectivity index (χ1v) is 17.0. The van der Waals surface area contributed by atoms with E-state index < -0.39 is 42.4 Å². The molecule has 2 fully saturated rings. The standard InChI is InChI=1S/C33H38N8O9S/c1-18-28(49-20(3)43)25(48-19(2)42)13-27(47-18)50-39-32(44)22-15-35-33(36-16-22)40(4)17-23-12-24-29(51-23)31(41-8-10-46-11-9-41)38-30(37-24)21-6-7-26(45-5)34-14-21/h6-7,12,14-16,18,25,27-28H,8-11,13,17H2,1-5H3,(H,39,44)/t18-,25-,27-,28-/m0/s1. The Labute approximate surface area is 297 Å². The Morgan fingerprint density at radius 1 is 1.04 bits per heavy atom. The number of nitrogens with one attached hydrogen (secondary N) is 1. The Hall–Kier alpha value is -5.04. The second-order valence-corrected chi connectivity index (χ2v) is 13.0. The number of carbonyl (C=O) groups is 3. The molecular formula is C33H38N8O9S. The molecular weight excluding hydrogens is 684 g/mol. The molecule has 0 aliphatic carbocycles. The van der Waals surface area contributed by atoms with Crippen molar-refractivity contribution in [2.24, 2.45) is 0 Å². The Bertz CT molecular complexity index is 1850. The lowest BCUT2D eigenvalue weighted by Crippen LogP contribution is -2.52. The fraction of sp³-hybridized carbons (Fsp3) is 0.455. The third-order valence-corrected chi connectivity index (χ3v) is 9.18. The molecule has 0 aromatic carbocycles. The minimum Gasteiger partial charge on any atom is -0.481 e. The minimum atomic E-state index is -0.967. The summed E-state index contributed by atoms with van der Waals surface area (Å²) in [6.07, 6.45) is 1.24. The van der Waals surface area contributed by atoms with Crippen molar-refractivity contribution in [3.8, 4) is 17.3 Å². The summed E-state index contributed by atoms with van der Waals surface area (Å²) in [5, 5.41) is 0. The summed E-state index contributed by atoms with van der Waals surface area (Å²) in [4.78, 5) is 69.6. The second-order valence-electron chi connectivity index (χ2n) is 11.9. The van der Waals surface area contributed by atoms with Crippen LogP contribution in [0.2, 0.25) is 0 Å². The van der Waals surface area contributed by atoms with Gasteiger partial charge >= 0.3 is 11.9 Å². The topological polar surface area (TPSA) is 190 Å². The monoisotopic (exact) mass is 722 g/mol. The van der Waals surface area contributed by atoms with Crippen LogP contribution in [0.1, 0.15) is 42.4 Å². The zero-order valence-corrected chi connectivity index (χ0v) is 29.5. The Morgan fingerprint density at radius 3 is 2.45 bits per heavy atom. The lowest BCUT2D eigenvalue weighted by molar-refractivity contribution is -0.266. The number of aromatic nitrogens is 5. The number of anilines is 2. The molecule has 1 N–H and O–H groups in total. The molecule has 4 atom stereocenters. The van der Waals surface area contributed by atoms with Crippen LogP contribution in [0.25, 0.3) is 21.6 Å². The normalized spacial score (nSPS) is 20.5. The molecule has 0 unspecified atom stereocenters. The van der Waals surface area contributed by atoms with E-state index in [1.54, 1.807) is 37.6 Å². The Kier molecular flexibility index (Phi) is 11.1. The lowest BCUT2D eigenvalue weighted by Gasteiger charge is -2.38. The summed E-state index contributed by atoms with van der Waals surface area (Å²) in [7, 11) is 3.43. The molecule has 4 aromatic heterocycles. The number of rotatable bonds is 11. The summed E-state index contributed by atoms with van der Waals surface area (Å²) in [5.74, 6) is 0.635. The van der Waals surface area contributed by atoms with Gasteiger partial charge in [-0.25, -0.2) is 35.2 Å². The molecule has 51 heavy (non-hydrogen) atoms. The molecule has 17 nitrogen and oxygen atoms in total. The van der Waals surface area contributed by atoms with E-state index in [0.29, 0.717) is 37.4 Å². The third kappa shape index (κ3) is 8.65. The van der Waals surface area contributed by atoms with E-state index in [2.05, 4.69) is 25.3 Å². The number of amides is 1. The van der Waals surface area contributed by atoms with Crippen molar-refractivity contribution in [2.45, 2.75) is 58.3 Å². The van der Waals surface area contributed by atoms with Gasteiger partial charge in [0.2, 0.25) is 11.8 Å². The predicted molar refractivity (Wildman–Crippen MR) is 183 cm³/mol. The van der Waals surface area contributed by atoms with Crippen LogP contribution in [0.4, 0.5) is 11.8 Å². The number of esters is 2. The van der Waals surface area contributed by atoms with Crippen LogP contribution in [0, 0.1) is 0 Å². The molecule has 0 spiro atoms. The molecule has 2 aliphatic heterocycles.